The summed E-state index contributed by atoms with van der Waals surface area (Å²) < 4.78 is 0. The highest BCUT2D eigenvalue weighted by atomic mass is 16.1. The van der Waals surface area contributed by atoms with Gasteiger partial charge in [-0.1, -0.05) is 29.3 Å². The molecule has 1 amide bonds. The van der Waals surface area contributed by atoms with Crippen LogP contribution in [0.25, 0.3) is 0 Å². The van der Waals surface area contributed by atoms with Gasteiger partial charge >= 0.3 is 0 Å². The molecule has 106 valence electrons. The summed E-state index contributed by atoms with van der Waals surface area (Å²) in [6.07, 6.45) is 1.28. The third-order valence-electron chi connectivity index (χ3n) is 3.15. The van der Waals surface area contributed by atoms with Crippen LogP contribution < -0.4 is 5.32 Å². The summed E-state index contributed by atoms with van der Waals surface area (Å²) in [5.41, 5.74) is 5.57. The van der Waals surface area contributed by atoms with Gasteiger partial charge in [0.05, 0.1) is 12.2 Å². The highest BCUT2D eigenvalue weighted by Crippen LogP contribution is 2.10. The maximum absolute atomic E-state index is 11.8. The van der Waals surface area contributed by atoms with Crippen molar-refractivity contribution in [3.05, 3.63) is 52.3 Å². The number of aromatic nitrogens is 2. The summed E-state index contributed by atoms with van der Waals surface area (Å²) in [6.45, 7) is 6.58. The fourth-order valence-electron chi connectivity index (χ4n) is 2.31. The number of amides is 1. The van der Waals surface area contributed by atoms with E-state index in [9.17, 15) is 4.79 Å². The van der Waals surface area contributed by atoms with Crippen molar-refractivity contribution in [1.29, 1.82) is 0 Å². The van der Waals surface area contributed by atoms with E-state index in [1.54, 1.807) is 0 Å². The number of carbonyl (C=O) groups excluding carboxylic acids is 1. The van der Waals surface area contributed by atoms with Gasteiger partial charge in [0.1, 0.15) is 0 Å². The van der Waals surface area contributed by atoms with Crippen LogP contribution in [-0.4, -0.2) is 16.1 Å². The minimum Gasteiger partial charge on any atom is -0.350 e. The summed E-state index contributed by atoms with van der Waals surface area (Å²) in [6, 6.07) is 8.35. The number of nitrogens with one attached hydrogen (secondary N) is 2. The Balaban J connectivity index is 1.80. The minimum absolute atomic E-state index is 0.0600. The number of H-pyrrole nitrogens is 1. The Labute approximate surface area is 119 Å². The predicted octanol–water partition coefficient (Wildman–Crippen LogP) is 2.58. The van der Waals surface area contributed by atoms with Crippen LogP contribution in [0.3, 0.4) is 0 Å². The summed E-state index contributed by atoms with van der Waals surface area (Å²) in [4.78, 5) is 11.8. The van der Waals surface area contributed by atoms with Crippen molar-refractivity contribution >= 4 is 5.91 Å². The van der Waals surface area contributed by atoms with Crippen LogP contribution >= 0.6 is 0 Å². The molecule has 4 nitrogen and oxygen atoms in total. The van der Waals surface area contributed by atoms with Gasteiger partial charge in [0.2, 0.25) is 5.91 Å². The Bertz CT molecular complexity index is 581. The van der Waals surface area contributed by atoms with Gasteiger partial charge in [0.25, 0.3) is 0 Å². The summed E-state index contributed by atoms with van der Waals surface area (Å²) >= 11 is 0. The van der Waals surface area contributed by atoms with Crippen LogP contribution in [-0.2, 0) is 17.8 Å². The van der Waals surface area contributed by atoms with E-state index in [0.717, 1.165) is 17.8 Å². The minimum atomic E-state index is 0.0600. The van der Waals surface area contributed by atoms with Crippen LogP contribution in [0.1, 0.15) is 34.5 Å². The molecule has 0 aliphatic heterocycles. The molecule has 20 heavy (non-hydrogen) atoms. The van der Waals surface area contributed by atoms with Crippen molar-refractivity contribution in [1.82, 2.24) is 15.5 Å². The van der Waals surface area contributed by atoms with Gasteiger partial charge in [-0.2, -0.15) is 5.10 Å². The first kappa shape index (κ1) is 14.3. The van der Waals surface area contributed by atoms with E-state index in [2.05, 4.69) is 47.6 Å². The molecule has 0 aliphatic carbocycles. The molecule has 1 aromatic heterocycles. The maximum Gasteiger partial charge on any atom is 0.220 e. The molecule has 2 aromatic rings. The average Bonchev–Trinajstić information content (AvgIpc) is 2.79. The zero-order valence-corrected chi connectivity index (χ0v) is 12.3. The van der Waals surface area contributed by atoms with E-state index >= 15 is 0 Å². The Morgan fingerprint density at radius 1 is 1.15 bits per heavy atom. The van der Waals surface area contributed by atoms with Crippen molar-refractivity contribution in [2.45, 2.75) is 40.2 Å². The first-order valence-electron chi connectivity index (χ1n) is 6.87. The molecule has 0 fully saturated rings. The predicted molar refractivity (Wildman–Crippen MR) is 79.4 cm³/mol. The molecule has 0 spiro atoms. The smallest absolute Gasteiger partial charge is 0.220 e. The van der Waals surface area contributed by atoms with Gasteiger partial charge in [0.15, 0.2) is 0 Å². The summed E-state index contributed by atoms with van der Waals surface area (Å²) in [5.74, 6) is 0.0600. The number of hydrogen-bond donors (Lipinski definition) is 2. The van der Waals surface area contributed by atoms with Crippen LogP contribution in [0.2, 0.25) is 0 Å². The van der Waals surface area contributed by atoms with E-state index < -0.39 is 0 Å². The molecule has 0 unspecified atom stereocenters. The molecule has 0 saturated carbocycles. The zero-order chi connectivity index (χ0) is 14.5. The highest BCUT2D eigenvalue weighted by Gasteiger charge is 2.04. The Hall–Kier alpha value is -2.10. The molecule has 0 atom stereocenters. The maximum atomic E-state index is 11.8. The second-order valence-corrected chi connectivity index (χ2v) is 5.31. The fourth-order valence-corrected chi connectivity index (χ4v) is 2.31. The lowest BCUT2D eigenvalue weighted by atomic mass is 10.0. The number of aryl methyl sites for hydroxylation is 4. The lowest BCUT2D eigenvalue weighted by molar-refractivity contribution is -0.121. The number of carbonyl (C=O) groups is 1. The number of nitrogens with zero attached hydrogens (tertiary/aromatic N) is 1. The Morgan fingerprint density at radius 3 is 2.45 bits per heavy atom. The van der Waals surface area contributed by atoms with Crippen molar-refractivity contribution in [2.75, 3.05) is 0 Å². The van der Waals surface area contributed by atoms with Gasteiger partial charge in [0, 0.05) is 12.1 Å². The molecule has 1 aromatic carbocycles. The Kier molecular flexibility index (Phi) is 4.56. The normalized spacial score (nSPS) is 10.6. The van der Waals surface area contributed by atoms with Crippen molar-refractivity contribution in [2.24, 2.45) is 0 Å². The monoisotopic (exact) mass is 271 g/mol. The van der Waals surface area contributed by atoms with Gasteiger partial charge in [-0.3, -0.25) is 9.89 Å². The lowest BCUT2D eigenvalue weighted by Crippen LogP contribution is -2.23. The molecular formula is C16H21N3O. The summed E-state index contributed by atoms with van der Waals surface area (Å²) in [5, 5.41) is 9.84. The molecule has 1 heterocycles. The third kappa shape index (κ3) is 4.23. The van der Waals surface area contributed by atoms with Crippen molar-refractivity contribution in [3.8, 4) is 0 Å². The number of benzene rings is 1. The topological polar surface area (TPSA) is 57.8 Å². The summed E-state index contributed by atoms with van der Waals surface area (Å²) in [7, 11) is 0. The van der Waals surface area contributed by atoms with Crippen LogP contribution in [0, 0.1) is 20.8 Å². The van der Waals surface area contributed by atoms with Gasteiger partial charge < -0.3 is 5.32 Å². The van der Waals surface area contributed by atoms with Crippen molar-refractivity contribution < 1.29 is 4.79 Å². The molecule has 2 N–H and O–H groups in total. The highest BCUT2D eigenvalue weighted by molar-refractivity contribution is 5.76. The van der Waals surface area contributed by atoms with E-state index in [0.29, 0.717) is 13.0 Å². The van der Waals surface area contributed by atoms with Crippen LogP contribution in [0.5, 0.6) is 0 Å². The van der Waals surface area contributed by atoms with Gasteiger partial charge in [-0.05, 0) is 38.8 Å². The Morgan fingerprint density at radius 2 is 1.85 bits per heavy atom. The SMILES string of the molecule is Cc1cc(C)cc(CCC(=O)NCc2cc(C)[nH]n2)c1. The largest absolute Gasteiger partial charge is 0.350 e. The molecule has 0 saturated heterocycles. The second-order valence-electron chi connectivity index (χ2n) is 5.31. The average molecular weight is 271 g/mol. The van der Waals surface area contributed by atoms with E-state index in [-0.39, 0.29) is 5.91 Å². The fraction of sp³-hybridized carbons (Fsp3) is 0.375. The van der Waals surface area contributed by atoms with Gasteiger partial charge in [-0.15, -0.1) is 0 Å². The van der Waals surface area contributed by atoms with E-state index in [1.165, 1.54) is 16.7 Å². The number of aromatic amines is 1. The molecule has 0 radical (unpaired) electrons. The quantitative estimate of drug-likeness (QED) is 0.878. The lowest BCUT2D eigenvalue weighted by Gasteiger charge is -2.06. The number of hydrogen-bond acceptors (Lipinski definition) is 2. The molecular weight excluding hydrogens is 250 g/mol. The molecule has 2 rings (SSSR count). The molecule has 4 heteroatoms. The second kappa shape index (κ2) is 6.37. The number of rotatable bonds is 5. The van der Waals surface area contributed by atoms with Gasteiger partial charge in [-0.25, -0.2) is 0 Å². The molecule has 0 bridgehead atoms. The molecule has 0 aliphatic rings. The first-order chi connectivity index (χ1) is 9.52. The van der Waals surface area contributed by atoms with Crippen LogP contribution in [0.4, 0.5) is 0 Å². The van der Waals surface area contributed by atoms with E-state index in [4.69, 9.17) is 0 Å². The van der Waals surface area contributed by atoms with Crippen molar-refractivity contribution in [3.63, 3.8) is 0 Å². The zero-order valence-electron chi connectivity index (χ0n) is 12.3. The standard InChI is InChI=1S/C16H21N3O/c1-11-6-12(2)8-14(7-11)4-5-16(20)17-10-15-9-13(3)18-19-15/h6-9H,4-5,10H2,1-3H3,(H,17,20)(H,18,19). The van der Waals surface area contributed by atoms with Crippen LogP contribution in [0.15, 0.2) is 24.3 Å². The van der Waals surface area contributed by atoms with E-state index in [1.807, 2.05) is 13.0 Å². The third-order valence-corrected chi connectivity index (χ3v) is 3.15. The first-order valence-corrected chi connectivity index (χ1v) is 6.87.